The highest BCUT2D eigenvalue weighted by Crippen LogP contribution is 2.28. The smallest absolute Gasteiger partial charge is 0.294 e. The first-order valence-electron chi connectivity index (χ1n) is 7.47. The molecule has 2 rings (SSSR count). The minimum atomic E-state index is -4.25. The van der Waals surface area contributed by atoms with E-state index in [0.717, 1.165) is 22.4 Å². The highest BCUT2D eigenvalue weighted by Gasteiger charge is 2.20. The predicted molar refractivity (Wildman–Crippen MR) is 90.8 cm³/mol. The molecule has 0 unspecified atom stereocenters. The van der Waals surface area contributed by atoms with Crippen LogP contribution in [0, 0.1) is 20.8 Å². The molecule has 2 aromatic rings. The van der Waals surface area contributed by atoms with Gasteiger partial charge in [-0.05, 0) is 43.5 Å². The van der Waals surface area contributed by atoms with Gasteiger partial charge in [-0.1, -0.05) is 42.8 Å². The van der Waals surface area contributed by atoms with Crippen molar-refractivity contribution in [2.45, 2.75) is 38.5 Å². The first kappa shape index (κ1) is 17.5. The van der Waals surface area contributed by atoms with Gasteiger partial charge < -0.3 is 4.74 Å². The van der Waals surface area contributed by atoms with E-state index in [4.69, 9.17) is 4.74 Å². The first-order chi connectivity index (χ1) is 10.7. The Morgan fingerprint density at radius 3 is 2.26 bits per heavy atom. The number of aryl methyl sites for hydroxylation is 3. The van der Waals surface area contributed by atoms with Crippen LogP contribution in [-0.2, 0) is 10.1 Å². The van der Waals surface area contributed by atoms with Crippen molar-refractivity contribution in [3.8, 4) is 5.75 Å². The van der Waals surface area contributed by atoms with E-state index in [2.05, 4.69) is 0 Å². The fourth-order valence-corrected chi connectivity index (χ4v) is 3.41. The quantitative estimate of drug-likeness (QED) is 0.838. The van der Waals surface area contributed by atoms with Gasteiger partial charge in [-0.25, -0.2) is 0 Å². The van der Waals surface area contributed by atoms with Crippen molar-refractivity contribution < 1.29 is 17.7 Å². The zero-order valence-electron chi connectivity index (χ0n) is 13.8. The molecule has 0 bridgehead atoms. The van der Waals surface area contributed by atoms with Crippen molar-refractivity contribution in [1.82, 2.24) is 0 Å². The second kappa shape index (κ2) is 6.72. The average molecular weight is 334 g/mol. The molecular weight excluding hydrogens is 312 g/mol. The Labute approximate surface area is 137 Å². The summed E-state index contributed by atoms with van der Waals surface area (Å²) in [5.74, 6) is 0.645. The number of benzene rings is 2. The summed E-state index contributed by atoms with van der Waals surface area (Å²) in [5.41, 5.74) is 3.58. The van der Waals surface area contributed by atoms with Gasteiger partial charge in [0.15, 0.2) is 0 Å². The van der Waals surface area contributed by atoms with Crippen LogP contribution in [0.25, 0.3) is 0 Å². The summed E-state index contributed by atoms with van der Waals surface area (Å²) < 4.78 is 38.5. The molecule has 0 aliphatic rings. The summed E-state index contributed by atoms with van der Waals surface area (Å²) in [6, 6.07) is 10.8. The molecule has 0 heterocycles. The van der Waals surface area contributed by atoms with Crippen molar-refractivity contribution in [2.75, 3.05) is 6.61 Å². The Kier molecular flexibility index (Phi) is 5.12. The standard InChI is InChI=1S/C18H22O4S/c1-12-8-9-17(23(19,20)21)16(10-12)15(4)11-22-18-13(2)6-5-7-14(18)3/h5-10,15H,11H2,1-4H3,(H,19,20,21)/t15-/m1/s1. The molecule has 0 aromatic heterocycles. The molecule has 1 atom stereocenters. The fourth-order valence-electron chi connectivity index (χ4n) is 2.61. The molecule has 0 aliphatic heterocycles. The summed E-state index contributed by atoms with van der Waals surface area (Å²) in [6.45, 7) is 8.05. The van der Waals surface area contributed by atoms with Crippen LogP contribution in [0.4, 0.5) is 0 Å². The molecule has 23 heavy (non-hydrogen) atoms. The third-order valence-corrected chi connectivity index (χ3v) is 4.79. The van der Waals surface area contributed by atoms with Gasteiger partial charge in [0, 0.05) is 5.92 Å². The molecular formula is C18H22O4S. The van der Waals surface area contributed by atoms with E-state index in [9.17, 15) is 13.0 Å². The monoisotopic (exact) mass is 334 g/mol. The molecule has 4 nitrogen and oxygen atoms in total. The maximum absolute atomic E-state index is 11.6. The van der Waals surface area contributed by atoms with E-state index in [1.807, 2.05) is 45.9 Å². The summed E-state index contributed by atoms with van der Waals surface area (Å²) in [6.07, 6.45) is 0. The predicted octanol–water partition coefficient (Wildman–Crippen LogP) is 4.04. The van der Waals surface area contributed by atoms with Gasteiger partial charge in [0.25, 0.3) is 10.1 Å². The number of rotatable bonds is 5. The van der Waals surface area contributed by atoms with Crippen LogP contribution in [0.15, 0.2) is 41.3 Å². The molecule has 0 spiro atoms. The van der Waals surface area contributed by atoms with Crippen LogP contribution in [0.1, 0.15) is 35.1 Å². The lowest BCUT2D eigenvalue weighted by atomic mass is 10.00. The summed E-state index contributed by atoms with van der Waals surface area (Å²) in [7, 11) is -4.25. The molecule has 1 N–H and O–H groups in total. The lowest BCUT2D eigenvalue weighted by Gasteiger charge is -2.18. The molecule has 0 fully saturated rings. The maximum Gasteiger partial charge on any atom is 0.294 e. The number of hydrogen-bond donors (Lipinski definition) is 1. The van der Waals surface area contributed by atoms with Crippen molar-refractivity contribution in [1.29, 1.82) is 0 Å². The van der Waals surface area contributed by atoms with E-state index in [1.54, 1.807) is 12.1 Å². The highest BCUT2D eigenvalue weighted by atomic mass is 32.2. The molecule has 124 valence electrons. The van der Waals surface area contributed by atoms with Gasteiger partial charge >= 0.3 is 0 Å². The third kappa shape index (κ3) is 4.12. The normalized spacial score (nSPS) is 12.9. The topological polar surface area (TPSA) is 63.6 Å². The minimum Gasteiger partial charge on any atom is -0.492 e. The molecule has 0 saturated carbocycles. The van der Waals surface area contributed by atoms with Crippen LogP contribution in [0.5, 0.6) is 5.75 Å². The van der Waals surface area contributed by atoms with Gasteiger partial charge in [0.1, 0.15) is 5.75 Å². The zero-order chi connectivity index (χ0) is 17.2. The van der Waals surface area contributed by atoms with Crippen molar-refractivity contribution in [3.05, 3.63) is 58.7 Å². The van der Waals surface area contributed by atoms with Crippen LogP contribution in [0.3, 0.4) is 0 Å². The Morgan fingerprint density at radius 1 is 1.09 bits per heavy atom. The van der Waals surface area contributed by atoms with Crippen LogP contribution in [-0.4, -0.2) is 19.6 Å². The van der Waals surface area contributed by atoms with Crippen LogP contribution in [0.2, 0.25) is 0 Å². The van der Waals surface area contributed by atoms with Crippen molar-refractivity contribution in [3.63, 3.8) is 0 Å². The molecule has 0 aliphatic carbocycles. The van der Waals surface area contributed by atoms with Crippen LogP contribution >= 0.6 is 0 Å². The van der Waals surface area contributed by atoms with Gasteiger partial charge in [0.2, 0.25) is 0 Å². The van der Waals surface area contributed by atoms with E-state index in [0.29, 0.717) is 12.2 Å². The van der Waals surface area contributed by atoms with Gasteiger partial charge in [0.05, 0.1) is 11.5 Å². The fraction of sp³-hybridized carbons (Fsp3) is 0.333. The SMILES string of the molecule is Cc1ccc(S(=O)(=O)O)c([C@H](C)COc2c(C)cccc2C)c1. The van der Waals surface area contributed by atoms with E-state index < -0.39 is 10.1 Å². The minimum absolute atomic E-state index is 0.0549. The van der Waals surface area contributed by atoms with E-state index in [1.165, 1.54) is 6.07 Å². The van der Waals surface area contributed by atoms with Crippen molar-refractivity contribution >= 4 is 10.1 Å². The second-order valence-electron chi connectivity index (χ2n) is 5.95. The average Bonchev–Trinajstić information content (AvgIpc) is 2.45. The summed E-state index contributed by atoms with van der Waals surface area (Å²) >= 11 is 0. The van der Waals surface area contributed by atoms with Crippen LogP contribution < -0.4 is 4.74 Å². The lowest BCUT2D eigenvalue weighted by Crippen LogP contribution is -2.13. The van der Waals surface area contributed by atoms with E-state index >= 15 is 0 Å². The number of hydrogen-bond acceptors (Lipinski definition) is 3. The Bertz CT molecular complexity index is 790. The maximum atomic E-state index is 11.6. The zero-order valence-corrected chi connectivity index (χ0v) is 14.6. The van der Waals surface area contributed by atoms with Crippen molar-refractivity contribution in [2.24, 2.45) is 0 Å². The second-order valence-corrected chi connectivity index (χ2v) is 7.34. The molecule has 0 amide bonds. The Hall–Kier alpha value is -1.85. The number of para-hydroxylation sites is 1. The lowest BCUT2D eigenvalue weighted by molar-refractivity contribution is 0.290. The third-order valence-electron chi connectivity index (χ3n) is 3.86. The molecule has 5 heteroatoms. The molecule has 2 aromatic carbocycles. The first-order valence-corrected chi connectivity index (χ1v) is 8.91. The summed E-state index contributed by atoms with van der Waals surface area (Å²) in [4.78, 5) is -0.0549. The molecule has 0 saturated heterocycles. The van der Waals surface area contributed by atoms with Gasteiger partial charge in [-0.15, -0.1) is 0 Å². The van der Waals surface area contributed by atoms with Gasteiger partial charge in [-0.3, -0.25) is 4.55 Å². The highest BCUT2D eigenvalue weighted by molar-refractivity contribution is 7.85. The Balaban J connectivity index is 2.28. The Morgan fingerprint density at radius 2 is 1.70 bits per heavy atom. The number of ether oxygens (including phenoxy) is 1. The largest absolute Gasteiger partial charge is 0.492 e. The van der Waals surface area contributed by atoms with E-state index in [-0.39, 0.29) is 10.8 Å². The summed E-state index contributed by atoms with van der Waals surface area (Å²) in [5, 5.41) is 0. The molecule has 0 radical (unpaired) electrons. The van der Waals surface area contributed by atoms with Gasteiger partial charge in [-0.2, -0.15) is 8.42 Å².